The van der Waals surface area contributed by atoms with E-state index < -0.39 is 23.9 Å². The standard InChI is InChI=1S/C17H17N5O3/c18-9(5-8-14(19)23)17(25)22-13-7-6-12-15(16(13)24)21-11-4-2-1-3-10(11)20-12/h1-4,6-7,9,13H,5,8,18H2,(H2,19,23)(H,22,25)/t9-,13?/m0/s1. The van der Waals surface area contributed by atoms with Gasteiger partial charge in [-0.25, -0.2) is 9.97 Å². The van der Waals surface area contributed by atoms with E-state index in [4.69, 9.17) is 11.5 Å². The predicted molar refractivity (Wildman–Crippen MR) is 91.2 cm³/mol. The van der Waals surface area contributed by atoms with Gasteiger partial charge in [-0.3, -0.25) is 14.4 Å². The third-order valence-electron chi connectivity index (χ3n) is 3.90. The van der Waals surface area contributed by atoms with Gasteiger partial charge in [0.1, 0.15) is 11.7 Å². The minimum Gasteiger partial charge on any atom is -0.370 e. The van der Waals surface area contributed by atoms with E-state index in [0.717, 1.165) is 0 Å². The molecule has 1 unspecified atom stereocenters. The molecule has 2 aromatic rings. The summed E-state index contributed by atoms with van der Waals surface area (Å²) in [6.07, 6.45) is 3.32. The minimum atomic E-state index is -0.919. The van der Waals surface area contributed by atoms with Gasteiger partial charge in [0.2, 0.25) is 17.6 Å². The second-order valence-electron chi connectivity index (χ2n) is 5.77. The number of ketones is 1. The third-order valence-corrected chi connectivity index (χ3v) is 3.90. The molecule has 1 aliphatic rings. The fraction of sp³-hybridized carbons (Fsp3) is 0.235. The maximum atomic E-state index is 12.6. The molecular formula is C17H17N5O3. The van der Waals surface area contributed by atoms with Gasteiger partial charge in [0, 0.05) is 6.42 Å². The quantitative estimate of drug-likeness (QED) is 0.695. The van der Waals surface area contributed by atoms with Crippen molar-refractivity contribution < 1.29 is 14.4 Å². The fourth-order valence-corrected chi connectivity index (χ4v) is 2.54. The number of amides is 2. The van der Waals surface area contributed by atoms with E-state index >= 15 is 0 Å². The van der Waals surface area contributed by atoms with Crippen LogP contribution in [-0.4, -0.2) is 39.6 Å². The largest absolute Gasteiger partial charge is 0.370 e. The minimum absolute atomic E-state index is 0.00331. The molecule has 1 heterocycles. The van der Waals surface area contributed by atoms with E-state index in [1.54, 1.807) is 18.2 Å². The molecule has 1 aromatic carbocycles. The van der Waals surface area contributed by atoms with Crippen LogP contribution >= 0.6 is 0 Å². The first-order valence-electron chi connectivity index (χ1n) is 7.79. The van der Waals surface area contributed by atoms with Crippen molar-refractivity contribution in [1.29, 1.82) is 0 Å². The van der Waals surface area contributed by atoms with Crippen molar-refractivity contribution in [2.24, 2.45) is 11.5 Å². The average Bonchev–Trinajstić information content (AvgIpc) is 2.60. The molecule has 25 heavy (non-hydrogen) atoms. The normalized spacial score (nSPS) is 17.2. The lowest BCUT2D eigenvalue weighted by Gasteiger charge is -2.20. The van der Waals surface area contributed by atoms with Gasteiger partial charge < -0.3 is 16.8 Å². The van der Waals surface area contributed by atoms with Gasteiger partial charge >= 0.3 is 0 Å². The number of carbonyl (C=O) groups excluding carboxylic acids is 3. The summed E-state index contributed by atoms with van der Waals surface area (Å²) in [7, 11) is 0. The zero-order valence-corrected chi connectivity index (χ0v) is 13.3. The van der Waals surface area contributed by atoms with Crippen molar-refractivity contribution in [1.82, 2.24) is 15.3 Å². The monoisotopic (exact) mass is 339 g/mol. The highest BCUT2D eigenvalue weighted by Crippen LogP contribution is 2.19. The number of nitrogens with two attached hydrogens (primary N) is 2. The summed E-state index contributed by atoms with van der Waals surface area (Å²) in [4.78, 5) is 44.2. The van der Waals surface area contributed by atoms with Crippen LogP contribution in [0.1, 0.15) is 29.0 Å². The first-order valence-corrected chi connectivity index (χ1v) is 7.79. The fourth-order valence-electron chi connectivity index (χ4n) is 2.54. The predicted octanol–water partition coefficient (Wildman–Crippen LogP) is -0.0831. The number of primary amides is 1. The van der Waals surface area contributed by atoms with Crippen LogP contribution in [0.15, 0.2) is 30.3 Å². The van der Waals surface area contributed by atoms with Crippen molar-refractivity contribution in [3.63, 3.8) is 0 Å². The highest BCUT2D eigenvalue weighted by atomic mass is 16.2. The molecule has 128 valence electrons. The number of Topliss-reactive ketones (excluding diaryl/α,β-unsaturated/α-hetero) is 1. The number of para-hydroxylation sites is 2. The van der Waals surface area contributed by atoms with Gasteiger partial charge in [-0.15, -0.1) is 0 Å². The summed E-state index contributed by atoms with van der Waals surface area (Å²) in [5.41, 5.74) is 12.7. The molecule has 8 heteroatoms. The number of rotatable bonds is 5. The molecule has 0 aliphatic heterocycles. The molecule has 0 radical (unpaired) electrons. The number of carbonyl (C=O) groups is 3. The Morgan fingerprint density at radius 1 is 1.20 bits per heavy atom. The highest BCUT2D eigenvalue weighted by Gasteiger charge is 2.29. The summed E-state index contributed by atoms with van der Waals surface area (Å²) in [5, 5.41) is 2.56. The van der Waals surface area contributed by atoms with Gasteiger partial charge in [0.15, 0.2) is 0 Å². The number of aromatic nitrogens is 2. The number of hydrogen-bond donors (Lipinski definition) is 3. The molecule has 2 atom stereocenters. The molecule has 1 aliphatic carbocycles. The first-order chi connectivity index (χ1) is 12.0. The van der Waals surface area contributed by atoms with Crippen LogP contribution < -0.4 is 16.8 Å². The zero-order valence-electron chi connectivity index (χ0n) is 13.3. The number of nitrogens with one attached hydrogen (secondary N) is 1. The Bertz CT molecular complexity index is 893. The van der Waals surface area contributed by atoms with Crippen molar-refractivity contribution in [3.8, 4) is 0 Å². The highest BCUT2D eigenvalue weighted by molar-refractivity contribution is 6.07. The summed E-state index contributed by atoms with van der Waals surface area (Å²) < 4.78 is 0. The maximum absolute atomic E-state index is 12.6. The molecule has 5 N–H and O–H groups in total. The Labute approximate surface area is 143 Å². The van der Waals surface area contributed by atoms with E-state index in [9.17, 15) is 14.4 Å². The van der Waals surface area contributed by atoms with Crippen LogP contribution in [0.25, 0.3) is 17.1 Å². The van der Waals surface area contributed by atoms with Crippen molar-refractivity contribution in [2.45, 2.75) is 24.9 Å². The van der Waals surface area contributed by atoms with E-state index in [1.165, 1.54) is 0 Å². The lowest BCUT2D eigenvalue weighted by molar-refractivity contribution is -0.123. The molecule has 0 saturated carbocycles. The molecule has 3 rings (SSSR count). The Morgan fingerprint density at radius 3 is 2.56 bits per heavy atom. The summed E-state index contributed by atoms with van der Waals surface area (Å²) >= 11 is 0. The molecule has 2 amide bonds. The maximum Gasteiger partial charge on any atom is 0.237 e. The molecule has 0 bridgehead atoms. The summed E-state index contributed by atoms with van der Waals surface area (Å²) in [6.45, 7) is 0. The molecular weight excluding hydrogens is 322 g/mol. The van der Waals surface area contributed by atoms with Gasteiger partial charge in [-0.2, -0.15) is 0 Å². The van der Waals surface area contributed by atoms with E-state index in [-0.39, 0.29) is 24.3 Å². The zero-order chi connectivity index (χ0) is 18.0. The number of benzene rings is 1. The van der Waals surface area contributed by atoms with Gasteiger partial charge in [-0.1, -0.05) is 18.2 Å². The van der Waals surface area contributed by atoms with Gasteiger partial charge in [0.05, 0.1) is 22.8 Å². The van der Waals surface area contributed by atoms with E-state index in [2.05, 4.69) is 15.3 Å². The van der Waals surface area contributed by atoms with Crippen molar-refractivity contribution in [2.75, 3.05) is 0 Å². The Balaban J connectivity index is 1.77. The lowest BCUT2D eigenvalue weighted by atomic mass is 10.00. The topological polar surface area (TPSA) is 141 Å². The number of fused-ring (bicyclic) bond motifs is 2. The lowest BCUT2D eigenvalue weighted by Crippen LogP contribution is -2.48. The Kier molecular flexibility index (Phi) is 4.53. The first kappa shape index (κ1) is 16.7. The second-order valence-corrected chi connectivity index (χ2v) is 5.77. The molecule has 8 nitrogen and oxygen atoms in total. The Hall–Kier alpha value is -3.13. The van der Waals surface area contributed by atoms with Crippen LogP contribution in [0.4, 0.5) is 0 Å². The number of hydrogen-bond acceptors (Lipinski definition) is 6. The average molecular weight is 339 g/mol. The smallest absolute Gasteiger partial charge is 0.237 e. The van der Waals surface area contributed by atoms with Gasteiger partial charge in [0.25, 0.3) is 0 Å². The van der Waals surface area contributed by atoms with E-state index in [0.29, 0.717) is 16.7 Å². The van der Waals surface area contributed by atoms with Crippen LogP contribution in [-0.2, 0) is 9.59 Å². The van der Waals surface area contributed by atoms with Crippen LogP contribution in [0.2, 0.25) is 0 Å². The summed E-state index contributed by atoms with van der Waals surface area (Å²) in [5.74, 6) is -1.42. The van der Waals surface area contributed by atoms with Gasteiger partial charge in [-0.05, 0) is 24.6 Å². The molecule has 0 saturated heterocycles. The van der Waals surface area contributed by atoms with Crippen LogP contribution in [0.5, 0.6) is 0 Å². The SMILES string of the molecule is NC(=O)CC[C@H](N)C(=O)NC1C=Cc2nc3ccccc3nc2C1=O. The molecule has 0 fully saturated rings. The Morgan fingerprint density at radius 2 is 1.88 bits per heavy atom. The second kappa shape index (κ2) is 6.78. The molecule has 0 spiro atoms. The van der Waals surface area contributed by atoms with E-state index in [1.807, 2.05) is 18.2 Å². The third kappa shape index (κ3) is 3.53. The van der Waals surface area contributed by atoms with Crippen molar-refractivity contribution in [3.05, 3.63) is 41.7 Å². The van der Waals surface area contributed by atoms with Crippen molar-refractivity contribution >= 4 is 34.7 Å². The summed E-state index contributed by atoms with van der Waals surface area (Å²) in [6, 6.07) is 5.44. The van der Waals surface area contributed by atoms with Crippen LogP contribution in [0.3, 0.4) is 0 Å². The number of nitrogens with zero attached hydrogens (tertiary/aromatic N) is 2. The van der Waals surface area contributed by atoms with Crippen LogP contribution in [0, 0.1) is 0 Å². The molecule has 1 aromatic heterocycles.